The zero-order valence-corrected chi connectivity index (χ0v) is 13.8. The fourth-order valence-electron chi connectivity index (χ4n) is 2.53. The lowest BCUT2D eigenvalue weighted by atomic mass is 10.1. The van der Waals surface area contributed by atoms with Crippen LogP contribution in [0.2, 0.25) is 5.02 Å². The highest BCUT2D eigenvalue weighted by molar-refractivity contribution is 6.31. The number of carbonyl (C=O) groups excluding carboxylic acids is 1. The third kappa shape index (κ3) is 4.35. The van der Waals surface area contributed by atoms with Crippen molar-refractivity contribution < 1.29 is 14.3 Å². The average Bonchev–Trinajstić information content (AvgIpc) is 2.74. The molecule has 1 N–H and O–H groups in total. The summed E-state index contributed by atoms with van der Waals surface area (Å²) in [4.78, 5) is 14.2. The Labute approximate surface area is 136 Å². The minimum Gasteiger partial charge on any atom is -0.380 e. The van der Waals surface area contributed by atoms with Gasteiger partial charge in [0.05, 0.1) is 6.61 Å². The van der Waals surface area contributed by atoms with Crippen molar-refractivity contribution in [2.24, 2.45) is 0 Å². The summed E-state index contributed by atoms with van der Waals surface area (Å²) in [5.74, 6) is 0. The number of halogens is 1. The SMILES string of the molecule is CO[C@H](CNC(=O)N1CCOCC[C@H]1C)c1ccccc1Cl. The van der Waals surface area contributed by atoms with E-state index in [9.17, 15) is 4.79 Å². The van der Waals surface area contributed by atoms with Gasteiger partial charge in [-0.05, 0) is 19.4 Å². The van der Waals surface area contributed by atoms with Gasteiger partial charge in [0.2, 0.25) is 0 Å². The molecule has 1 aliphatic heterocycles. The van der Waals surface area contributed by atoms with Crippen LogP contribution in [0.5, 0.6) is 0 Å². The molecule has 0 unspecified atom stereocenters. The second kappa shape index (κ2) is 8.36. The number of amides is 2. The summed E-state index contributed by atoms with van der Waals surface area (Å²) >= 11 is 6.19. The van der Waals surface area contributed by atoms with Gasteiger partial charge in [0.15, 0.2) is 0 Å². The molecule has 0 bridgehead atoms. The van der Waals surface area contributed by atoms with Crippen molar-refractivity contribution in [1.82, 2.24) is 10.2 Å². The van der Waals surface area contributed by atoms with Crippen molar-refractivity contribution in [1.29, 1.82) is 0 Å². The van der Waals surface area contributed by atoms with E-state index in [1.807, 2.05) is 36.1 Å². The van der Waals surface area contributed by atoms with E-state index in [-0.39, 0.29) is 18.2 Å². The standard InChI is InChI=1S/C16H23ClN2O3/c1-12-7-9-22-10-8-19(12)16(20)18-11-15(21-2)13-5-3-4-6-14(13)17/h3-6,12,15H,7-11H2,1-2H3,(H,18,20)/t12-,15-/m1/s1. The van der Waals surface area contributed by atoms with Crippen molar-refractivity contribution in [2.75, 3.05) is 33.4 Å². The number of ether oxygens (including phenoxy) is 2. The van der Waals surface area contributed by atoms with Crippen LogP contribution < -0.4 is 5.32 Å². The zero-order valence-electron chi connectivity index (χ0n) is 13.0. The van der Waals surface area contributed by atoms with Crippen LogP contribution in [-0.2, 0) is 9.47 Å². The Morgan fingerprint density at radius 3 is 3.00 bits per heavy atom. The van der Waals surface area contributed by atoms with Gasteiger partial charge < -0.3 is 19.7 Å². The van der Waals surface area contributed by atoms with Crippen molar-refractivity contribution in [3.63, 3.8) is 0 Å². The van der Waals surface area contributed by atoms with E-state index in [4.69, 9.17) is 21.1 Å². The normalized spacial score (nSPS) is 20.3. The maximum absolute atomic E-state index is 12.4. The van der Waals surface area contributed by atoms with Gasteiger partial charge in [-0.1, -0.05) is 29.8 Å². The Balaban J connectivity index is 1.95. The largest absolute Gasteiger partial charge is 0.380 e. The van der Waals surface area contributed by atoms with Crippen molar-refractivity contribution in [3.8, 4) is 0 Å². The van der Waals surface area contributed by atoms with Crippen LogP contribution in [0.4, 0.5) is 4.79 Å². The predicted octanol–water partition coefficient (Wildman–Crippen LogP) is 2.85. The Morgan fingerprint density at radius 1 is 1.50 bits per heavy atom. The van der Waals surface area contributed by atoms with Crippen LogP contribution in [-0.4, -0.2) is 50.4 Å². The predicted molar refractivity (Wildman–Crippen MR) is 86.2 cm³/mol. The van der Waals surface area contributed by atoms with Gasteiger partial charge >= 0.3 is 6.03 Å². The number of nitrogens with zero attached hydrogens (tertiary/aromatic N) is 1. The number of hydrogen-bond donors (Lipinski definition) is 1. The van der Waals surface area contributed by atoms with Crippen LogP contribution in [0.1, 0.15) is 25.0 Å². The first-order chi connectivity index (χ1) is 10.6. The topological polar surface area (TPSA) is 50.8 Å². The summed E-state index contributed by atoms with van der Waals surface area (Å²) in [6.07, 6.45) is 0.585. The molecule has 122 valence electrons. The Hall–Kier alpha value is -1.30. The highest BCUT2D eigenvalue weighted by atomic mass is 35.5. The zero-order chi connectivity index (χ0) is 15.9. The number of methoxy groups -OCH3 is 1. The van der Waals surface area contributed by atoms with Crippen LogP contribution in [0, 0.1) is 0 Å². The molecule has 0 aromatic heterocycles. The quantitative estimate of drug-likeness (QED) is 0.925. The van der Waals surface area contributed by atoms with E-state index < -0.39 is 0 Å². The van der Waals surface area contributed by atoms with E-state index in [0.717, 1.165) is 12.0 Å². The van der Waals surface area contributed by atoms with Gasteiger partial charge in [0.1, 0.15) is 6.10 Å². The summed E-state index contributed by atoms with van der Waals surface area (Å²) in [6.45, 7) is 4.30. The molecule has 5 nitrogen and oxygen atoms in total. The van der Waals surface area contributed by atoms with Gasteiger partial charge in [-0.2, -0.15) is 0 Å². The molecule has 0 aliphatic carbocycles. The molecule has 22 heavy (non-hydrogen) atoms. The molecular formula is C16H23ClN2O3. The molecule has 1 saturated heterocycles. The van der Waals surface area contributed by atoms with E-state index in [1.165, 1.54) is 0 Å². The number of rotatable bonds is 4. The molecule has 1 heterocycles. The molecule has 2 atom stereocenters. The van der Waals surface area contributed by atoms with Crippen LogP contribution >= 0.6 is 11.6 Å². The van der Waals surface area contributed by atoms with E-state index in [2.05, 4.69) is 5.32 Å². The first-order valence-corrected chi connectivity index (χ1v) is 7.90. The molecule has 0 radical (unpaired) electrons. The second-order valence-electron chi connectivity index (χ2n) is 5.38. The molecule has 1 aliphatic rings. The van der Waals surface area contributed by atoms with Gasteiger partial charge in [0, 0.05) is 43.4 Å². The van der Waals surface area contributed by atoms with E-state index in [0.29, 0.717) is 31.3 Å². The molecule has 1 aromatic rings. The highest BCUT2D eigenvalue weighted by Gasteiger charge is 2.23. The van der Waals surface area contributed by atoms with E-state index >= 15 is 0 Å². The first kappa shape index (κ1) is 17.1. The molecule has 6 heteroatoms. The lowest BCUT2D eigenvalue weighted by Gasteiger charge is -2.27. The smallest absolute Gasteiger partial charge is 0.317 e. The third-order valence-electron chi connectivity index (χ3n) is 3.92. The number of urea groups is 1. The number of carbonyl (C=O) groups is 1. The number of benzene rings is 1. The van der Waals surface area contributed by atoms with Crippen molar-refractivity contribution >= 4 is 17.6 Å². The molecule has 0 spiro atoms. The fourth-order valence-corrected chi connectivity index (χ4v) is 2.79. The average molecular weight is 327 g/mol. The fraction of sp³-hybridized carbons (Fsp3) is 0.562. The van der Waals surface area contributed by atoms with E-state index in [1.54, 1.807) is 7.11 Å². The summed E-state index contributed by atoms with van der Waals surface area (Å²) in [6, 6.07) is 7.58. The second-order valence-corrected chi connectivity index (χ2v) is 5.78. The summed E-state index contributed by atoms with van der Waals surface area (Å²) < 4.78 is 10.9. The van der Waals surface area contributed by atoms with Crippen LogP contribution in [0.3, 0.4) is 0 Å². The first-order valence-electron chi connectivity index (χ1n) is 7.53. The van der Waals surface area contributed by atoms with Crippen LogP contribution in [0.25, 0.3) is 0 Å². The van der Waals surface area contributed by atoms with Gasteiger partial charge in [-0.15, -0.1) is 0 Å². The highest BCUT2D eigenvalue weighted by Crippen LogP contribution is 2.24. The Kier molecular flexibility index (Phi) is 6.49. The lowest BCUT2D eigenvalue weighted by molar-refractivity contribution is 0.0997. The Morgan fingerprint density at radius 2 is 2.27 bits per heavy atom. The summed E-state index contributed by atoms with van der Waals surface area (Å²) in [7, 11) is 1.61. The molecule has 1 aromatic carbocycles. The number of nitrogens with one attached hydrogen (secondary N) is 1. The maximum atomic E-state index is 12.4. The summed E-state index contributed by atoms with van der Waals surface area (Å²) in [5, 5.41) is 3.57. The molecular weight excluding hydrogens is 304 g/mol. The molecule has 2 amide bonds. The Bertz CT molecular complexity index is 498. The monoisotopic (exact) mass is 326 g/mol. The van der Waals surface area contributed by atoms with Gasteiger partial charge in [0.25, 0.3) is 0 Å². The van der Waals surface area contributed by atoms with Crippen LogP contribution in [0.15, 0.2) is 24.3 Å². The van der Waals surface area contributed by atoms with Crippen molar-refractivity contribution in [2.45, 2.75) is 25.5 Å². The summed E-state index contributed by atoms with van der Waals surface area (Å²) in [5.41, 5.74) is 0.874. The lowest BCUT2D eigenvalue weighted by Crippen LogP contribution is -2.46. The molecule has 1 fully saturated rings. The van der Waals surface area contributed by atoms with Gasteiger partial charge in [-0.3, -0.25) is 0 Å². The molecule has 0 saturated carbocycles. The number of hydrogen-bond acceptors (Lipinski definition) is 3. The van der Waals surface area contributed by atoms with Gasteiger partial charge in [-0.25, -0.2) is 4.79 Å². The van der Waals surface area contributed by atoms with Crippen molar-refractivity contribution in [3.05, 3.63) is 34.9 Å². The minimum atomic E-state index is -0.267. The third-order valence-corrected chi connectivity index (χ3v) is 4.27. The molecule has 2 rings (SSSR count). The minimum absolute atomic E-state index is 0.0906. The maximum Gasteiger partial charge on any atom is 0.317 e.